The lowest BCUT2D eigenvalue weighted by molar-refractivity contribution is -0.161. The lowest BCUT2D eigenvalue weighted by Crippen LogP contribution is -2.29. The highest BCUT2D eigenvalue weighted by Crippen LogP contribution is 2.43. The smallest absolute Gasteiger partial charge is 0.462 e. The van der Waals surface area contributed by atoms with E-state index in [2.05, 4.69) is 62.5 Å². The summed E-state index contributed by atoms with van der Waals surface area (Å²) in [6, 6.07) is 0. The molecule has 0 aromatic carbocycles. The van der Waals surface area contributed by atoms with Gasteiger partial charge in [-0.1, -0.05) is 294 Å². The van der Waals surface area contributed by atoms with Crippen LogP contribution in [0.3, 0.4) is 0 Å². The van der Waals surface area contributed by atoms with Crippen molar-refractivity contribution in [2.24, 2.45) is 5.73 Å². The van der Waals surface area contributed by atoms with Crippen molar-refractivity contribution >= 4 is 19.8 Å². The van der Waals surface area contributed by atoms with Gasteiger partial charge in [0, 0.05) is 19.4 Å². The Labute approximate surface area is 451 Å². The third-order valence-corrected chi connectivity index (χ3v) is 14.7. The van der Waals surface area contributed by atoms with Crippen LogP contribution >= 0.6 is 7.82 Å². The van der Waals surface area contributed by atoms with Crippen LogP contribution < -0.4 is 5.73 Å². The maximum Gasteiger partial charge on any atom is 0.472 e. The lowest BCUT2D eigenvalue weighted by Gasteiger charge is -2.19. The molecule has 0 fully saturated rings. The van der Waals surface area contributed by atoms with Crippen LogP contribution in [0.2, 0.25) is 0 Å². The van der Waals surface area contributed by atoms with E-state index in [9.17, 15) is 19.0 Å². The van der Waals surface area contributed by atoms with Gasteiger partial charge in [-0.3, -0.25) is 18.6 Å². The summed E-state index contributed by atoms with van der Waals surface area (Å²) in [5.41, 5.74) is 5.37. The van der Waals surface area contributed by atoms with Crippen LogP contribution in [-0.4, -0.2) is 49.3 Å². The third-order valence-electron chi connectivity index (χ3n) is 13.7. The van der Waals surface area contributed by atoms with E-state index in [4.69, 9.17) is 24.3 Å². The summed E-state index contributed by atoms with van der Waals surface area (Å²) in [4.78, 5) is 35.1. The molecular formula is C63H118NO8P. The normalized spacial score (nSPS) is 13.3. The summed E-state index contributed by atoms with van der Waals surface area (Å²) in [6.07, 6.45) is 73.7. The molecule has 2 unspecified atom stereocenters. The zero-order valence-corrected chi connectivity index (χ0v) is 48.8. The average Bonchev–Trinajstić information content (AvgIpc) is 3.38. The van der Waals surface area contributed by atoms with E-state index in [1.54, 1.807) is 0 Å². The Balaban J connectivity index is 3.76. The van der Waals surface area contributed by atoms with Crippen molar-refractivity contribution < 1.29 is 37.6 Å². The minimum Gasteiger partial charge on any atom is -0.462 e. The second-order valence-electron chi connectivity index (χ2n) is 20.9. The summed E-state index contributed by atoms with van der Waals surface area (Å²) >= 11 is 0. The predicted octanol–water partition coefficient (Wildman–Crippen LogP) is 19.7. The van der Waals surface area contributed by atoms with E-state index in [1.807, 2.05) is 0 Å². The third kappa shape index (κ3) is 59.1. The highest BCUT2D eigenvalue weighted by molar-refractivity contribution is 7.47. The highest BCUT2D eigenvalue weighted by Gasteiger charge is 2.26. The molecule has 9 nitrogen and oxygen atoms in total. The molecule has 0 aliphatic rings. The monoisotopic (exact) mass is 1050 g/mol. The summed E-state index contributed by atoms with van der Waals surface area (Å²) in [6.45, 7) is 3.61. The molecule has 0 aliphatic heterocycles. The first-order valence-electron chi connectivity index (χ1n) is 31.1. The average molecular weight is 1050 g/mol. The highest BCUT2D eigenvalue weighted by atomic mass is 31.2. The number of esters is 2. The van der Waals surface area contributed by atoms with E-state index in [0.29, 0.717) is 6.42 Å². The van der Waals surface area contributed by atoms with Crippen LogP contribution in [0.4, 0.5) is 0 Å². The van der Waals surface area contributed by atoms with Crippen molar-refractivity contribution in [3.63, 3.8) is 0 Å². The van der Waals surface area contributed by atoms with Crippen molar-refractivity contribution in [3.05, 3.63) is 48.6 Å². The fourth-order valence-corrected chi connectivity index (χ4v) is 9.93. The summed E-state index contributed by atoms with van der Waals surface area (Å²) in [5.74, 6) is -0.867. The second-order valence-corrected chi connectivity index (χ2v) is 22.4. The number of hydrogen-bond acceptors (Lipinski definition) is 8. The topological polar surface area (TPSA) is 134 Å². The number of carbonyl (C=O) groups is 2. The van der Waals surface area contributed by atoms with Gasteiger partial charge >= 0.3 is 19.8 Å². The molecule has 10 heteroatoms. The predicted molar refractivity (Wildman–Crippen MR) is 312 cm³/mol. The summed E-state index contributed by atoms with van der Waals surface area (Å²) in [5, 5.41) is 0. The number of phosphoric ester groups is 1. The van der Waals surface area contributed by atoms with Gasteiger partial charge in [0.1, 0.15) is 6.61 Å². The Kier molecular flexibility index (Phi) is 57.6. The number of carbonyl (C=O) groups excluding carboxylic acids is 2. The molecule has 73 heavy (non-hydrogen) atoms. The van der Waals surface area contributed by atoms with Gasteiger partial charge < -0.3 is 20.1 Å². The van der Waals surface area contributed by atoms with Gasteiger partial charge in [-0.25, -0.2) is 4.57 Å². The number of allylic oxidation sites excluding steroid dienone is 8. The Morgan fingerprint density at radius 2 is 0.753 bits per heavy atom. The van der Waals surface area contributed by atoms with Crippen LogP contribution in [0, 0.1) is 0 Å². The maximum atomic E-state index is 12.6. The number of nitrogens with two attached hydrogens (primary N) is 1. The number of unbranched alkanes of at least 4 members (excludes halogenated alkanes) is 38. The molecular weight excluding hydrogens is 930 g/mol. The summed E-state index contributed by atoms with van der Waals surface area (Å²) in [7, 11) is -4.40. The van der Waals surface area contributed by atoms with Gasteiger partial charge in [0.15, 0.2) is 6.10 Å². The van der Waals surface area contributed by atoms with E-state index < -0.39 is 26.5 Å². The quantitative estimate of drug-likeness (QED) is 0.0264. The molecule has 0 heterocycles. The first kappa shape index (κ1) is 71.0. The minimum atomic E-state index is -4.40. The van der Waals surface area contributed by atoms with Crippen LogP contribution in [0.1, 0.15) is 309 Å². The second kappa shape index (κ2) is 59.2. The molecule has 0 amide bonds. The van der Waals surface area contributed by atoms with Crippen molar-refractivity contribution in [2.45, 2.75) is 315 Å². The molecule has 3 N–H and O–H groups in total. The first-order valence-corrected chi connectivity index (χ1v) is 32.6. The number of hydrogen-bond donors (Lipinski definition) is 2. The van der Waals surface area contributed by atoms with Crippen LogP contribution in [-0.2, 0) is 32.7 Å². The lowest BCUT2D eigenvalue weighted by atomic mass is 10.0. The van der Waals surface area contributed by atoms with Crippen LogP contribution in [0.15, 0.2) is 48.6 Å². The Morgan fingerprint density at radius 1 is 0.425 bits per heavy atom. The van der Waals surface area contributed by atoms with Crippen LogP contribution in [0.5, 0.6) is 0 Å². The molecule has 0 aromatic rings. The molecule has 0 rings (SSSR count). The van der Waals surface area contributed by atoms with Crippen molar-refractivity contribution in [3.8, 4) is 0 Å². The van der Waals surface area contributed by atoms with E-state index in [-0.39, 0.29) is 38.6 Å². The fourth-order valence-electron chi connectivity index (χ4n) is 9.16. The Hall–Kier alpha value is -2.03. The van der Waals surface area contributed by atoms with E-state index in [1.165, 1.54) is 218 Å². The maximum absolute atomic E-state index is 12.6. The number of rotatable bonds is 59. The standard InChI is InChI=1S/C63H118NO8P/c1-3-5-7-9-11-13-15-17-19-20-21-22-23-24-25-26-27-28-29-30-31-32-33-34-35-36-37-38-39-40-42-43-45-47-49-51-53-55-62(65)69-59-61(60-71-73(67,68)70-58-57-64)72-63(66)56-54-52-50-48-46-44-41-18-16-14-12-10-8-6-4-2/h6,8,12,14,18,41,46,48,61H,3-5,7,9-11,13,15-17,19-40,42-45,47,49-60,64H2,1-2H3,(H,67,68)/b8-6-,14-12-,41-18-,48-46-. The van der Waals surface area contributed by atoms with E-state index >= 15 is 0 Å². The first-order chi connectivity index (χ1) is 35.8. The van der Waals surface area contributed by atoms with Gasteiger partial charge in [-0.2, -0.15) is 0 Å². The zero-order chi connectivity index (χ0) is 53.1. The SMILES string of the molecule is CC/C=C\C/C=C\C/C=C\C/C=C\CCCCC(=O)OC(COC(=O)CCCCCCCCCCCCCCCCCCCCCCCCCCCCCCCCCCCCCCC)COP(=O)(O)OCCN. The zero-order valence-electron chi connectivity index (χ0n) is 47.9. The Bertz CT molecular complexity index is 1330. The molecule has 0 spiro atoms. The van der Waals surface area contributed by atoms with Gasteiger partial charge in [0.2, 0.25) is 0 Å². The van der Waals surface area contributed by atoms with Gasteiger partial charge in [-0.05, 0) is 51.4 Å². The number of phosphoric acid groups is 1. The van der Waals surface area contributed by atoms with Gasteiger partial charge in [0.25, 0.3) is 0 Å². The summed E-state index contributed by atoms with van der Waals surface area (Å²) < 4.78 is 32.9. The minimum absolute atomic E-state index is 0.0463. The largest absolute Gasteiger partial charge is 0.472 e. The number of ether oxygens (including phenoxy) is 2. The van der Waals surface area contributed by atoms with E-state index in [0.717, 1.165) is 57.8 Å². The molecule has 0 saturated heterocycles. The van der Waals surface area contributed by atoms with Crippen LogP contribution in [0.25, 0.3) is 0 Å². The molecule has 0 aliphatic carbocycles. The molecule has 0 saturated carbocycles. The molecule has 428 valence electrons. The van der Waals surface area contributed by atoms with Gasteiger partial charge in [0.05, 0.1) is 13.2 Å². The van der Waals surface area contributed by atoms with Crippen molar-refractivity contribution in [1.29, 1.82) is 0 Å². The molecule has 0 radical (unpaired) electrons. The van der Waals surface area contributed by atoms with Gasteiger partial charge in [-0.15, -0.1) is 0 Å². The fraction of sp³-hybridized carbons (Fsp3) is 0.841. The van der Waals surface area contributed by atoms with Crippen molar-refractivity contribution in [1.82, 2.24) is 0 Å². The Morgan fingerprint density at radius 3 is 1.12 bits per heavy atom. The van der Waals surface area contributed by atoms with Crippen molar-refractivity contribution in [2.75, 3.05) is 26.4 Å². The molecule has 0 bridgehead atoms. The molecule has 2 atom stereocenters. The molecule has 0 aromatic heterocycles.